The molecule has 0 amide bonds. The molecule has 0 heterocycles. The van der Waals surface area contributed by atoms with E-state index in [0.717, 1.165) is 0 Å². The van der Waals surface area contributed by atoms with Gasteiger partial charge in [0.2, 0.25) is 0 Å². The van der Waals surface area contributed by atoms with Crippen molar-refractivity contribution in [3.05, 3.63) is 193 Å². The maximum absolute atomic E-state index is 2.35. The minimum atomic E-state index is -0.455. The zero-order valence-corrected chi connectivity index (χ0v) is 39.0. The molecule has 0 fully saturated rings. The molecule has 0 aromatic heterocycles. The van der Waals surface area contributed by atoms with Crippen molar-refractivity contribution in [1.82, 2.24) is 0 Å². The fourth-order valence-corrected chi connectivity index (χ4v) is 11.3. The van der Waals surface area contributed by atoms with Crippen LogP contribution in [-0.2, 0) is 34.2 Å². The van der Waals surface area contributed by atoms with Crippen molar-refractivity contribution in [2.45, 2.75) is 59.3 Å². The third-order valence-corrected chi connectivity index (χ3v) is 16.6. The fraction of sp³-hybridized carbons (Fsp3) is 0.170. The van der Waals surface area contributed by atoms with E-state index >= 15 is 0 Å². The predicted octanol–water partition coefficient (Wildman–Crippen LogP) is 7.34. The van der Waals surface area contributed by atoms with Gasteiger partial charge in [-0.15, -0.1) is 74.3 Å². The van der Waals surface area contributed by atoms with E-state index in [1.54, 1.807) is 23.3 Å². The second-order valence-corrected chi connectivity index (χ2v) is 22.3. The molecule has 0 unspecified atom stereocenters. The topological polar surface area (TPSA) is 0 Å². The zero-order chi connectivity index (χ0) is 38.7. The molecule has 286 valence electrons. The molecule has 57 heavy (non-hydrogen) atoms. The van der Waals surface area contributed by atoms with E-state index in [-0.39, 0.29) is 35.6 Å². The monoisotopic (exact) mass is 874 g/mol. The summed E-state index contributed by atoms with van der Waals surface area (Å²) in [4.78, 5) is 0. The molecule has 0 radical (unpaired) electrons. The molecule has 0 saturated carbocycles. The molecule has 0 aliphatic carbocycles. The van der Waals surface area contributed by atoms with Crippen molar-refractivity contribution in [2.75, 3.05) is 0 Å². The van der Waals surface area contributed by atoms with Crippen LogP contribution >= 0.6 is 0 Å². The minimum absolute atomic E-state index is 0. The van der Waals surface area contributed by atoms with Crippen LogP contribution in [0.15, 0.2) is 176 Å². The summed E-state index contributed by atoms with van der Waals surface area (Å²) in [7, 11) is 0. The van der Waals surface area contributed by atoms with Crippen molar-refractivity contribution in [3.8, 4) is 11.1 Å². The van der Waals surface area contributed by atoms with Gasteiger partial charge < -0.3 is 24.8 Å². The van der Waals surface area contributed by atoms with Gasteiger partial charge in [0.15, 0.2) is 0 Å². The van der Waals surface area contributed by atoms with Gasteiger partial charge in [0.25, 0.3) is 0 Å². The molecule has 0 saturated heterocycles. The summed E-state index contributed by atoms with van der Waals surface area (Å²) in [6, 6.07) is 64.1. The summed E-state index contributed by atoms with van der Waals surface area (Å²) in [5.74, 6) is 0. The molecule has 0 bridgehead atoms. The fourth-order valence-electron chi connectivity index (χ4n) is 7.41. The van der Waals surface area contributed by atoms with Gasteiger partial charge in [-0.1, -0.05) is 138 Å². The number of hydrogen-bond acceptors (Lipinski definition) is 0. The molecule has 9 aromatic rings. The van der Waals surface area contributed by atoms with Crippen LogP contribution in [0, 0.1) is 6.92 Å². The van der Waals surface area contributed by atoms with Gasteiger partial charge in [-0.25, -0.2) is 0 Å². The van der Waals surface area contributed by atoms with Crippen LogP contribution in [0.3, 0.4) is 0 Å². The summed E-state index contributed by atoms with van der Waals surface area (Å²) >= 11 is 1.64. The molecule has 0 N–H and O–H groups in total. The van der Waals surface area contributed by atoms with Crippen LogP contribution in [0.2, 0.25) is 0 Å². The molecular weight excluding hydrogens is 827 g/mol. The molecule has 4 heteroatoms. The zero-order valence-electron chi connectivity index (χ0n) is 34.0. The Morgan fingerprint density at radius 3 is 1.40 bits per heavy atom. The standard InChI is InChI=1S/C21H25.C20H15.C12H10Si.2ClH.Zr/c1-20(2,3)16-7-9-18-14(12-16)11-15-13-17(21(4,5)6)8-10-19(15)18;1-14-12-16-8-5-11-19(20(16)13-14)18-10-4-7-15-6-2-3-9-17(15)18;1-3-7-11(8-4-1)13-12-9-5-2-6-10-12;;;/h7-13H,1-6H3;2-13H,1H3;1-10H;2*1H;/q2*-1;;;;+2/p-2. The van der Waals surface area contributed by atoms with Crippen LogP contribution in [0.4, 0.5) is 0 Å². The number of halogens is 2. The first-order valence-corrected chi connectivity index (χ1v) is 24.5. The van der Waals surface area contributed by atoms with Crippen molar-refractivity contribution >= 4 is 58.9 Å². The van der Waals surface area contributed by atoms with Crippen LogP contribution in [0.5, 0.6) is 0 Å². The molecular formula is C53H50Cl2SiZr-2. The molecule has 0 nitrogen and oxygen atoms in total. The Kier molecular flexibility index (Phi) is 14.5. The van der Waals surface area contributed by atoms with E-state index in [1.807, 2.05) is 0 Å². The Bertz CT molecular complexity index is 2630. The van der Waals surface area contributed by atoms with Gasteiger partial charge in [-0.3, -0.25) is 0 Å². The van der Waals surface area contributed by atoms with E-state index in [9.17, 15) is 0 Å². The van der Waals surface area contributed by atoms with Gasteiger partial charge in [-0.05, 0) is 27.2 Å². The van der Waals surface area contributed by atoms with Crippen molar-refractivity contribution < 1.29 is 48.1 Å². The normalized spacial score (nSPS) is 11.2. The van der Waals surface area contributed by atoms with Crippen LogP contribution in [0.1, 0.15) is 58.2 Å². The summed E-state index contributed by atoms with van der Waals surface area (Å²) < 4.78 is 0. The Balaban J connectivity index is 0.000000164. The molecule has 0 aliphatic rings. The van der Waals surface area contributed by atoms with E-state index < -0.39 is 5.43 Å². The third-order valence-electron chi connectivity index (χ3n) is 10.5. The first kappa shape index (κ1) is 44.1. The number of benzene rings is 7. The average molecular weight is 877 g/mol. The van der Waals surface area contributed by atoms with Crippen molar-refractivity contribution in [1.29, 1.82) is 0 Å². The first-order valence-electron chi connectivity index (χ1n) is 19.3. The van der Waals surface area contributed by atoms with Crippen LogP contribution in [-0.4, -0.2) is 5.43 Å². The Morgan fingerprint density at radius 2 is 0.877 bits per heavy atom. The summed E-state index contributed by atoms with van der Waals surface area (Å²) in [6.07, 6.45) is 0. The second kappa shape index (κ2) is 18.7. The molecule has 9 aromatic carbocycles. The van der Waals surface area contributed by atoms with E-state index in [0.29, 0.717) is 0 Å². The van der Waals surface area contributed by atoms with Crippen LogP contribution in [0.25, 0.3) is 54.2 Å². The van der Waals surface area contributed by atoms with Gasteiger partial charge in [0.1, 0.15) is 0 Å². The van der Waals surface area contributed by atoms with E-state index in [1.165, 1.54) is 81.3 Å². The second-order valence-electron chi connectivity index (χ2n) is 16.7. The summed E-state index contributed by atoms with van der Waals surface area (Å²) in [5, 5.41) is 13.8. The Hall–Kier alpha value is -4.04. The first-order chi connectivity index (χ1) is 26.4. The predicted molar refractivity (Wildman–Crippen MR) is 240 cm³/mol. The van der Waals surface area contributed by atoms with Gasteiger partial charge in [0.05, 0.1) is 0 Å². The Morgan fingerprint density at radius 1 is 0.421 bits per heavy atom. The maximum atomic E-state index is 2.35. The number of hydrogen-bond donors (Lipinski definition) is 0. The van der Waals surface area contributed by atoms with E-state index in [2.05, 4.69) is 224 Å². The summed E-state index contributed by atoms with van der Waals surface area (Å²) in [5.41, 5.74) is 6.73. The summed E-state index contributed by atoms with van der Waals surface area (Å²) in [6.45, 7) is 15.8. The number of aryl methyl sites for hydroxylation is 1. The number of fused-ring (bicyclic) bond motifs is 5. The van der Waals surface area contributed by atoms with E-state index in [4.69, 9.17) is 0 Å². The average Bonchev–Trinajstić information content (AvgIpc) is 3.77. The van der Waals surface area contributed by atoms with Gasteiger partial charge >= 0.3 is 99.8 Å². The third kappa shape index (κ3) is 10.2. The molecule has 0 aliphatic heterocycles. The van der Waals surface area contributed by atoms with Crippen molar-refractivity contribution in [2.24, 2.45) is 0 Å². The number of rotatable bonds is 3. The van der Waals surface area contributed by atoms with Gasteiger partial charge in [-0.2, -0.15) is 6.07 Å². The molecule has 0 spiro atoms. The quantitative estimate of drug-likeness (QED) is 0.129. The SMILES string of the molecule is CC(C)(C)c1ccc2c(c1)[cH-]c1cc(C(C)(C)C)ccc12.Cc1cc2c(-c3cccc4ccccc34)cccc2[cH-]1.[Cl-].[Cl-].[Zr+2]=[Si](c1ccccc1)c1ccccc1. The molecule has 9 rings (SSSR count). The van der Waals surface area contributed by atoms with Crippen molar-refractivity contribution in [3.63, 3.8) is 0 Å². The van der Waals surface area contributed by atoms with Gasteiger partial charge in [0, 0.05) is 0 Å². The Labute approximate surface area is 367 Å². The van der Waals surface area contributed by atoms with Crippen LogP contribution < -0.4 is 35.2 Å². The molecule has 0 atom stereocenters.